The van der Waals surface area contributed by atoms with Crippen LogP contribution in [0, 0.1) is 5.92 Å². The number of nitrogens with zero attached hydrogens (tertiary/aromatic N) is 1. The molecule has 0 aromatic rings. The number of carbonyl (C=O) groups is 2. The smallest absolute Gasteiger partial charge is 0.305 e. The van der Waals surface area contributed by atoms with E-state index < -0.39 is 13.0 Å². The van der Waals surface area contributed by atoms with E-state index in [4.69, 9.17) is 0 Å². The molecule has 0 spiro atoms. The van der Waals surface area contributed by atoms with E-state index in [9.17, 15) is 18.4 Å². The molecule has 1 rings (SSSR count). The van der Waals surface area contributed by atoms with E-state index in [1.165, 1.54) is 7.11 Å². The lowest BCUT2D eigenvalue weighted by molar-refractivity contribution is -0.143. The highest BCUT2D eigenvalue weighted by Gasteiger charge is 2.30. The van der Waals surface area contributed by atoms with Gasteiger partial charge < -0.3 is 15.0 Å². The number of esters is 1. The van der Waals surface area contributed by atoms with Gasteiger partial charge in [-0.15, -0.1) is 0 Å². The number of halogens is 2. The highest BCUT2D eigenvalue weighted by Crippen LogP contribution is 2.21. The van der Waals surface area contributed by atoms with Gasteiger partial charge in [0.1, 0.15) is 0 Å². The zero-order valence-electron chi connectivity index (χ0n) is 11.9. The highest BCUT2D eigenvalue weighted by atomic mass is 19.3. The molecule has 0 aliphatic carbocycles. The molecule has 0 bridgehead atoms. The number of carbonyl (C=O) groups excluding carboxylic acids is 2. The van der Waals surface area contributed by atoms with Crippen molar-refractivity contribution in [2.45, 2.75) is 38.7 Å². The number of hydrogen-bond acceptors (Lipinski definition) is 4. The van der Waals surface area contributed by atoms with Gasteiger partial charge in [-0.25, -0.2) is 8.78 Å². The molecule has 0 aromatic carbocycles. The largest absolute Gasteiger partial charge is 0.469 e. The van der Waals surface area contributed by atoms with E-state index in [-0.39, 0.29) is 30.3 Å². The van der Waals surface area contributed by atoms with Crippen LogP contribution in [0.15, 0.2) is 0 Å². The molecular weight excluding hydrogens is 270 g/mol. The summed E-state index contributed by atoms with van der Waals surface area (Å²) in [5.74, 6) is -0.418. The van der Waals surface area contributed by atoms with Gasteiger partial charge in [0.25, 0.3) is 6.43 Å². The lowest BCUT2D eigenvalue weighted by Gasteiger charge is -2.38. The number of methoxy groups -OCH3 is 1. The summed E-state index contributed by atoms with van der Waals surface area (Å²) in [6.07, 6.45) is -1.26. The third-order valence-corrected chi connectivity index (χ3v) is 3.44. The Hall–Kier alpha value is -1.24. The molecule has 1 saturated heterocycles. The van der Waals surface area contributed by atoms with Crippen LogP contribution in [0.2, 0.25) is 0 Å². The predicted octanol–water partition coefficient (Wildman–Crippen LogP) is 1.03. The van der Waals surface area contributed by atoms with Crippen LogP contribution in [-0.4, -0.2) is 56.0 Å². The molecule has 1 aliphatic heterocycles. The van der Waals surface area contributed by atoms with Gasteiger partial charge in [0.05, 0.1) is 20.1 Å². The van der Waals surface area contributed by atoms with Gasteiger partial charge in [-0.1, -0.05) is 6.92 Å². The van der Waals surface area contributed by atoms with Crippen LogP contribution in [0.5, 0.6) is 0 Å². The molecular formula is C13H22F2N2O3. The van der Waals surface area contributed by atoms with Crippen LogP contribution in [0.25, 0.3) is 0 Å². The minimum absolute atomic E-state index is 0.0246. The molecule has 1 heterocycles. The molecule has 7 heteroatoms. The molecule has 116 valence electrons. The molecule has 1 amide bonds. The lowest BCUT2D eigenvalue weighted by Crippen LogP contribution is -2.52. The molecule has 2 unspecified atom stereocenters. The Bertz CT molecular complexity index is 340. The molecule has 5 nitrogen and oxygen atoms in total. The van der Waals surface area contributed by atoms with Crippen molar-refractivity contribution < 1.29 is 23.1 Å². The van der Waals surface area contributed by atoms with Crippen molar-refractivity contribution in [3.8, 4) is 0 Å². The molecule has 20 heavy (non-hydrogen) atoms. The lowest BCUT2D eigenvalue weighted by atomic mass is 9.91. The Balaban J connectivity index is 2.61. The van der Waals surface area contributed by atoms with Crippen LogP contribution in [-0.2, 0) is 14.3 Å². The quantitative estimate of drug-likeness (QED) is 0.743. The normalized spacial score (nSPS) is 22.9. The Kier molecular flexibility index (Phi) is 6.84. The fourth-order valence-electron chi connectivity index (χ4n) is 2.50. The van der Waals surface area contributed by atoms with E-state index in [1.54, 1.807) is 11.8 Å². The molecule has 1 aliphatic rings. The Morgan fingerprint density at radius 2 is 2.10 bits per heavy atom. The zero-order valence-corrected chi connectivity index (χ0v) is 11.9. The number of rotatable bonds is 6. The molecule has 0 aromatic heterocycles. The van der Waals surface area contributed by atoms with E-state index in [0.717, 1.165) is 0 Å². The average molecular weight is 292 g/mol. The van der Waals surface area contributed by atoms with Crippen LogP contribution in [0.4, 0.5) is 8.78 Å². The first kappa shape index (κ1) is 16.8. The summed E-state index contributed by atoms with van der Waals surface area (Å²) in [6.45, 7) is 2.25. The van der Waals surface area contributed by atoms with Gasteiger partial charge in [-0.3, -0.25) is 9.59 Å². The highest BCUT2D eigenvalue weighted by molar-refractivity contribution is 5.76. The van der Waals surface area contributed by atoms with E-state index in [2.05, 4.69) is 10.1 Å². The average Bonchev–Trinajstić information content (AvgIpc) is 2.43. The number of piperidine rings is 1. The molecule has 0 saturated carbocycles. The van der Waals surface area contributed by atoms with Crippen molar-refractivity contribution in [2.24, 2.45) is 5.92 Å². The predicted molar refractivity (Wildman–Crippen MR) is 69.4 cm³/mol. The summed E-state index contributed by atoms with van der Waals surface area (Å²) in [4.78, 5) is 24.8. The van der Waals surface area contributed by atoms with Crippen molar-refractivity contribution in [1.29, 1.82) is 0 Å². The van der Waals surface area contributed by atoms with Gasteiger partial charge in [-0.05, 0) is 12.3 Å². The molecule has 2 atom stereocenters. The third kappa shape index (κ3) is 5.40. The molecule has 0 radical (unpaired) electrons. The SMILES string of the molecule is CCC(=O)N1CC(CC(=O)OC)CC(NCC(F)F)C1. The summed E-state index contributed by atoms with van der Waals surface area (Å²) in [7, 11) is 1.31. The van der Waals surface area contributed by atoms with Gasteiger partial charge in [-0.2, -0.15) is 0 Å². The maximum atomic E-state index is 12.3. The van der Waals surface area contributed by atoms with Crippen LogP contribution in [0.3, 0.4) is 0 Å². The summed E-state index contributed by atoms with van der Waals surface area (Å²) >= 11 is 0. The molecule has 1 fully saturated rings. The van der Waals surface area contributed by atoms with Gasteiger partial charge in [0.2, 0.25) is 5.91 Å². The fraction of sp³-hybridized carbons (Fsp3) is 0.846. The Morgan fingerprint density at radius 3 is 2.65 bits per heavy atom. The summed E-state index contributed by atoms with van der Waals surface area (Å²) in [5, 5.41) is 2.76. The minimum atomic E-state index is -2.42. The minimum Gasteiger partial charge on any atom is -0.469 e. The first-order valence-electron chi connectivity index (χ1n) is 6.82. The first-order chi connectivity index (χ1) is 9.46. The van der Waals surface area contributed by atoms with Crippen LogP contribution >= 0.6 is 0 Å². The van der Waals surface area contributed by atoms with Crippen molar-refractivity contribution in [3.63, 3.8) is 0 Å². The number of alkyl halides is 2. The number of likely N-dealkylation sites (tertiary alicyclic amines) is 1. The first-order valence-corrected chi connectivity index (χ1v) is 6.82. The van der Waals surface area contributed by atoms with E-state index in [0.29, 0.717) is 25.9 Å². The van der Waals surface area contributed by atoms with Crippen LogP contribution in [0.1, 0.15) is 26.2 Å². The zero-order chi connectivity index (χ0) is 15.1. The van der Waals surface area contributed by atoms with Crippen LogP contribution < -0.4 is 5.32 Å². The number of amides is 1. The number of nitrogens with one attached hydrogen (secondary N) is 1. The van der Waals surface area contributed by atoms with Gasteiger partial charge >= 0.3 is 5.97 Å². The molecule has 1 N–H and O–H groups in total. The summed E-state index contributed by atoms with van der Waals surface area (Å²) < 4.78 is 29.1. The third-order valence-electron chi connectivity index (χ3n) is 3.44. The Labute approximate surface area is 117 Å². The van der Waals surface area contributed by atoms with Gasteiger partial charge in [0, 0.05) is 25.6 Å². The second kappa shape index (κ2) is 8.14. The van der Waals surface area contributed by atoms with Crippen molar-refractivity contribution >= 4 is 11.9 Å². The Morgan fingerprint density at radius 1 is 1.40 bits per heavy atom. The maximum absolute atomic E-state index is 12.3. The fourth-order valence-corrected chi connectivity index (χ4v) is 2.50. The number of ether oxygens (including phenoxy) is 1. The van der Waals surface area contributed by atoms with E-state index in [1.807, 2.05) is 0 Å². The van der Waals surface area contributed by atoms with Crippen molar-refractivity contribution in [3.05, 3.63) is 0 Å². The van der Waals surface area contributed by atoms with Gasteiger partial charge in [0.15, 0.2) is 0 Å². The maximum Gasteiger partial charge on any atom is 0.305 e. The van der Waals surface area contributed by atoms with Crippen molar-refractivity contribution in [2.75, 3.05) is 26.7 Å². The van der Waals surface area contributed by atoms with E-state index >= 15 is 0 Å². The van der Waals surface area contributed by atoms with Crippen molar-refractivity contribution in [1.82, 2.24) is 10.2 Å². The summed E-state index contributed by atoms with van der Waals surface area (Å²) in [5.41, 5.74) is 0. The number of hydrogen-bond donors (Lipinski definition) is 1. The second-order valence-corrected chi connectivity index (χ2v) is 5.03. The monoisotopic (exact) mass is 292 g/mol. The summed E-state index contributed by atoms with van der Waals surface area (Å²) in [6, 6.07) is -0.206. The second-order valence-electron chi connectivity index (χ2n) is 5.03. The standard InChI is InChI=1S/C13H22F2N2O3/c1-3-12(18)17-7-9(5-13(19)20-2)4-10(8-17)16-6-11(14)15/h9-11,16H,3-8H2,1-2H3. The topological polar surface area (TPSA) is 58.6 Å².